The Morgan fingerprint density at radius 1 is 1.47 bits per heavy atom. The highest BCUT2D eigenvalue weighted by Crippen LogP contribution is 2.26. The van der Waals surface area contributed by atoms with E-state index in [1.54, 1.807) is 0 Å². The largest absolute Gasteiger partial charge is 0.383 e. The first-order valence-electron chi connectivity index (χ1n) is 7.21. The zero-order valence-corrected chi connectivity index (χ0v) is 12.2. The van der Waals surface area contributed by atoms with Gasteiger partial charge in [0.2, 0.25) is 0 Å². The normalized spacial score (nSPS) is 20.1. The summed E-state index contributed by atoms with van der Waals surface area (Å²) in [7, 11) is 0. The van der Waals surface area contributed by atoms with E-state index in [1.165, 1.54) is 25.7 Å². The van der Waals surface area contributed by atoms with Gasteiger partial charge in [-0.3, -0.25) is 4.90 Å². The highest BCUT2D eigenvalue weighted by atomic mass is 15.2. The highest BCUT2D eigenvalue weighted by Gasteiger charge is 2.23. The predicted molar refractivity (Wildman–Crippen MR) is 79.3 cm³/mol. The van der Waals surface area contributed by atoms with Gasteiger partial charge in [0, 0.05) is 18.2 Å². The summed E-state index contributed by atoms with van der Waals surface area (Å²) in [6, 6.07) is 0.612. The Bertz CT molecular complexity index is 418. The predicted octanol–water partition coefficient (Wildman–Crippen LogP) is 2.08. The zero-order valence-electron chi connectivity index (χ0n) is 12.2. The van der Waals surface area contributed by atoms with Crippen molar-refractivity contribution in [2.75, 3.05) is 30.7 Å². The molecule has 0 aliphatic carbocycles. The lowest BCUT2D eigenvalue weighted by molar-refractivity contribution is 0.277. The number of nitrogens with zero attached hydrogens (tertiary/aromatic N) is 3. The molecule has 0 aromatic carbocycles. The number of nitrogens with one attached hydrogen (secondary N) is 1. The maximum Gasteiger partial charge on any atom is 0.135 e. The third-order valence-electron chi connectivity index (χ3n) is 3.90. The molecule has 5 nitrogen and oxygen atoms in total. The van der Waals surface area contributed by atoms with Gasteiger partial charge in [-0.1, -0.05) is 20.8 Å². The van der Waals surface area contributed by atoms with E-state index in [1.807, 2.05) is 0 Å². The van der Waals surface area contributed by atoms with Crippen molar-refractivity contribution in [3.05, 3.63) is 11.9 Å². The van der Waals surface area contributed by atoms with Crippen LogP contribution in [0.1, 0.15) is 45.1 Å². The number of likely N-dealkylation sites (tertiary alicyclic amines) is 1. The molecule has 19 heavy (non-hydrogen) atoms. The van der Waals surface area contributed by atoms with Crippen LogP contribution in [0.15, 0.2) is 6.33 Å². The van der Waals surface area contributed by atoms with Crippen molar-refractivity contribution in [2.45, 2.75) is 45.6 Å². The van der Waals surface area contributed by atoms with E-state index in [2.05, 4.69) is 41.0 Å². The highest BCUT2D eigenvalue weighted by molar-refractivity contribution is 5.56. The Morgan fingerprint density at radius 2 is 2.26 bits per heavy atom. The summed E-state index contributed by atoms with van der Waals surface area (Å²) >= 11 is 0. The molecule has 0 saturated carbocycles. The maximum atomic E-state index is 5.96. The van der Waals surface area contributed by atoms with Crippen LogP contribution in [0.2, 0.25) is 0 Å². The van der Waals surface area contributed by atoms with Crippen LogP contribution in [-0.4, -0.2) is 40.5 Å². The maximum absolute atomic E-state index is 5.96. The Kier molecular flexibility index (Phi) is 4.58. The van der Waals surface area contributed by atoms with Crippen LogP contribution in [0.5, 0.6) is 0 Å². The summed E-state index contributed by atoms with van der Waals surface area (Å²) in [4.78, 5) is 11.0. The van der Waals surface area contributed by atoms with Crippen molar-refractivity contribution in [1.29, 1.82) is 0 Å². The number of aromatic nitrogens is 2. The SMILES string of the molecule is CCN1CCCC1CNc1ncnc(N)c1C(C)C. The second-order valence-corrected chi connectivity index (χ2v) is 5.48. The van der Waals surface area contributed by atoms with Crippen molar-refractivity contribution in [3.63, 3.8) is 0 Å². The molecular weight excluding hydrogens is 238 g/mol. The number of nitrogens with two attached hydrogens (primary N) is 1. The molecule has 106 valence electrons. The zero-order chi connectivity index (χ0) is 13.8. The lowest BCUT2D eigenvalue weighted by Gasteiger charge is -2.24. The van der Waals surface area contributed by atoms with Crippen molar-refractivity contribution >= 4 is 11.6 Å². The van der Waals surface area contributed by atoms with E-state index in [9.17, 15) is 0 Å². The summed E-state index contributed by atoms with van der Waals surface area (Å²) in [5.74, 6) is 1.81. The number of hydrogen-bond donors (Lipinski definition) is 2. The molecule has 5 heteroatoms. The summed E-state index contributed by atoms with van der Waals surface area (Å²) in [6.07, 6.45) is 4.09. The van der Waals surface area contributed by atoms with Gasteiger partial charge in [-0.25, -0.2) is 9.97 Å². The van der Waals surface area contributed by atoms with E-state index in [-0.39, 0.29) is 0 Å². The third-order valence-corrected chi connectivity index (χ3v) is 3.90. The molecule has 2 heterocycles. The summed E-state index contributed by atoms with van der Waals surface area (Å²) < 4.78 is 0. The summed E-state index contributed by atoms with van der Waals surface area (Å²) in [5.41, 5.74) is 6.99. The first-order chi connectivity index (χ1) is 9.13. The van der Waals surface area contributed by atoms with Crippen LogP contribution >= 0.6 is 0 Å². The lowest BCUT2D eigenvalue weighted by Crippen LogP contribution is -2.35. The number of nitrogen functional groups attached to an aromatic ring is 1. The average Bonchev–Trinajstić information content (AvgIpc) is 2.83. The van der Waals surface area contributed by atoms with Crippen LogP contribution < -0.4 is 11.1 Å². The third kappa shape index (κ3) is 3.15. The number of likely N-dealkylation sites (N-methyl/N-ethyl adjacent to an activating group) is 1. The minimum absolute atomic E-state index is 0.328. The second kappa shape index (κ2) is 6.19. The van der Waals surface area contributed by atoms with Gasteiger partial charge in [0.15, 0.2) is 0 Å². The molecular formula is C14H25N5. The molecule has 0 radical (unpaired) electrons. The van der Waals surface area contributed by atoms with Crippen molar-refractivity contribution in [1.82, 2.24) is 14.9 Å². The smallest absolute Gasteiger partial charge is 0.135 e. The van der Waals surface area contributed by atoms with Gasteiger partial charge < -0.3 is 11.1 Å². The minimum atomic E-state index is 0.328. The van der Waals surface area contributed by atoms with Gasteiger partial charge in [0.1, 0.15) is 18.0 Å². The Balaban J connectivity index is 2.05. The molecule has 1 unspecified atom stereocenters. The number of hydrogen-bond acceptors (Lipinski definition) is 5. The van der Waals surface area contributed by atoms with Gasteiger partial charge in [0.25, 0.3) is 0 Å². The Hall–Kier alpha value is -1.36. The van der Waals surface area contributed by atoms with Crippen LogP contribution in [0.25, 0.3) is 0 Å². The van der Waals surface area contributed by atoms with Gasteiger partial charge >= 0.3 is 0 Å². The molecule has 1 aromatic rings. The molecule has 0 spiro atoms. The first kappa shape index (κ1) is 14.1. The monoisotopic (exact) mass is 263 g/mol. The average molecular weight is 263 g/mol. The van der Waals surface area contributed by atoms with Gasteiger partial charge in [-0.2, -0.15) is 0 Å². The number of rotatable bonds is 5. The topological polar surface area (TPSA) is 67.1 Å². The minimum Gasteiger partial charge on any atom is -0.383 e. The number of anilines is 2. The Morgan fingerprint density at radius 3 is 2.95 bits per heavy atom. The lowest BCUT2D eigenvalue weighted by atomic mass is 10.0. The fourth-order valence-corrected chi connectivity index (χ4v) is 2.88. The fourth-order valence-electron chi connectivity index (χ4n) is 2.88. The standard InChI is InChI=1S/C14H25N5/c1-4-19-7-5-6-11(19)8-16-14-12(10(2)3)13(15)17-9-18-14/h9-11H,4-8H2,1-3H3,(H3,15,16,17,18). The second-order valence-electron chi connectivity index (χ2n) is 5.48. The molecule has 3 N–H and O–H groups in total. The molecule has 2 rings (SSSR count). The van der Waals surface area contributed by atoms with Gasteiger partial charge in [0.05, 0.1) is 0 Å². The van der Waals surface area contributed by atoms with Crippen molar-refractivity contribution < 1.29 is 0 Å². The molecule has 1 atom stereocenters. The van der Waals surface area contributed by atoms with E-state index in [0.29, 0.717) is 17.8 Å². The summed E-state index contributed by atoms with van der Waals surface area (Å²) in [5, 5.41) is 3.47. The molecule has 1 aliphatic rings. The van der Waals surface area contributed by atoms with Crippen LogP contribution in [0, 0.1) is 0 Å². The molecule has 1 aliphatic heterocycles. The fraction of sp³-hybridized carbons (Fsp3) is 0.714. The van der Waals surface area contributed by atoms with Gasteiger partial charge in [-0.05, 0) is 31.8 Å². The Labute approximate surface area is 115 Å². The molecule has 1 saturated heterocycles. The van der Waals surface area contributed by atoms with E-state index in [4.69, 9.17) is 5.73 Å². The summed E-state index contributed by atoms with van der Waals surface area (Å²) in [6.45, 7) is 9.73. The molecule has 1 fully saturated rings. The molecule has 0 amide bonds. The van der Waals surface area contributed by atoms with Crippen LogP contribution in [0.4, 0.5) is 11.6 Å². The van der Waals surface area contributed by atoms with E-state index < -0.39 is 0 Å². The molecule has 0 bridgehead atoms. The quantitative estimate of drug-likeness (QED) is 0.851. The van der Waals surface area contributed by atoms with E-state index in [0.717, 1.165) is 24.5 Å². The van der Waals surface area contributed by atoms with Crippen molar-refractivity contribution in [3.8, 4) is 0 Å². The van der Waals surface area contributed by atoms with Crippen LogP contribution in [0.3, 0.4) is 0 Å². The first-order valence-corrected chi connectivity index (χ1v) is 7.21. The van der Waals surface area contributed by atoms with Crippen LogP contribution in [-0.2, 0) is 0 Å². The van der Waals surface area contributed by atoms with E-state index >= 15 is 0 Å². The van der Waals surface area contributed by atoms with Crippen molar-refractivity contribution in [2.24, 2.45) is 0 Å². The van der Waals surface area contributed by atoms with Gasteiger partial charge in [-0.15, -0.1) is 0 Å². The molecule has 1 aromatic heterocycles.